The van der Waals surface area contributed by atoms with Crippen LogP contribution in [0.25, 0.3) is 11.7 Å². The van der Waals surface area contributed by atoms with Gasteiger partial charge in [-0.3, -0.25) is 9.80 Å². The van der Waals surface area contributed by atoms with E-state index in [1.807, 2.05) is 12.1 Å². The lowest BCUT2D eigenvalue weighted by molar-refractivity contribution is 0.0838. The lowest BCUT2D eigenvalue weighted by Crippen LogP contribution is -2.51. The highest BCUT2D eigenvalue weighted by Gasteiger charge is 2.27. The van der Waals surface area contributed by atoms with Crippen LogP contribution in [0.3, 0.4) is 0 Å². The summed E-state index contributed by atoms with van der Waals surface area (Å²) in [4.78, 5) is 9.52. The summed E-state index contributed by atoms with van der Waals surface area (Å²) in [6.07, 6.45) is 5.28. The molecule has 3 aromatic rings. The van der Waals surface area contributed by atoms with E-state index in [4.69, 9.17) is 8.94 Å². The van der Waals surface area contributed by atoms with Crippen LogP contribution < -0.4 is 0 Å². The number of rotatable bonds is 4. The van der Waals surface area contributed by atoms with Gasteiger partial charge in [-0.25, -0.2) is 0 Å². The van der Waals surface area contributed by atoms with Crippen molar-refractivity contribution < 1.29 is 8.94 Å². The maximum absolute atomic E-state index is 5.31. The Bertz CT molecular complexity index is 881. The molecule has 1 aliphatic heterocycles. The summed E-state index contributed by atoms with van der Waals surface area (Å²) in [6, 6.07) is 13.2. The van der Waals surface area contributed by atoms with E-state index in [9.17, 15) is 0 Å². The first-order valence-corrected chi connectivity index (χ1v) is 9.75. The first kappa shape index (κ1) is 16.7. The third-order valence-electron chi connectivity index (χ3n) is 5.81. The maximum atomic E-state index is 5.31. The Labute approximate surface area is 158 Å². The van der Waals surface area contributed by atoms with Crippen LogP contribution in [-0.2, 0) is 19.4 Å². The Morgan fingerprint density at radius 3 is 2.67 bits per heavy atom. The predicted octanol–water partition coefficient (Wildman–Crippen LogP) is 3.00. The van der Waals surface area contributed by atoms with Crippen molar-refractivity contribution in [1.29, 1.82) is 0 Å². The van der Waals surface area contributed by atoms with E-state index < -0.39 is 0 Å². The monoisotopic (exact) mass is 364 g/mol. The molecule has 1 aromatic carbocycles. The molecule has 2 aromatic heterocycles. The van der Waals surface area contributed by atoms with E-state index in [0.29, 0.717) is 17.7 Å². The Morgan fingerprint density at radius 1 is 1.00 bits per heavy atom. The molecule has 0 amide bonds. The van der Waals surface area contributed by atoms with Crippen molar-refractivity contribution in [3.8, 4) is 11.7 Å². The molecule has 5 rings (SSSR count). The van der Waals surface area contributed by atoms with E-state index in [2.05, 4.69) is 44.2 Å². The van der Waals surface area contributed by atoms with Crippen LogP contribution in [0.4, 0.5) is 0 Å². The zero-order valence-corrected chi connectivity index (χ0v) is 15.4. The molecule has 3 heterocycles. The lowest BCUT2D eigenvalue weighted by Gasteiger charge is -2.40. The number of aromatic nitrogens is 2. The summed E-state index contributed by atoms with van der Waals surface area (Å²) in [6.45, 7) is 5.03. The third-order valence-corrected chi connectivity index (χ3v) is 5.81. The standard InChI is InChI=1S/C21H24N4O2/c1-2-5-17-14-18(8-7-16(17)4-1)25-11-9-24(10-12-25)15-20-22-21(27-23-20)19-6-3-13-26-19/h1-6,13,18H,7-12,14-15H2/t18-/m0/s1. The lowest BCUT2D eigenvalue weighted by atomic mass is 9.87. The highest BCUT2D eigenvalue weighted by Crippen LogP contribution is 2.25. The molecule has 0 bridgehead atoms. The summed E-state index contributed by atoms with van der Waals surface area (Å²) in [7, 11) is 0. The Balaban J connectivity index is 1.15. The van der Waals surface area contributed by atoms with Crippen molar-refractivity contribution in [2.24, 2.45) is 0 Å². The molecule has 1 aliphatic carbocycles. The highest BCUT2D eigenvalue weighted by molar-refractivity contribution is 5.42. The van der Waals surface area contributed by atoms with Gasteiger partial charge < -0.3 is 8.94 Å². The van der Waals surface area contributed by atoms with Crippen molar-refractivity contribution in [2.45, 2.75) is 31.8 Å². The van der Waals surface area contributed by atoms with E-state index in [-0.39, 0.29) is 0 Å². The number of benzene rings is 1. The van der Waals surface area contributed by atoms with E-state index in [1.54, 1.807) is 6.26 Å². The summed E-state index contributed by atoms with van der Waals surface area (Å²) in [5.41, 5.74) is 3.07. The molecule has 1 fully saturated rings. The van der Waals surface area contributed by atoms with Gasteiger partial charge in [-0.05, 0) is 42.5 Å². The first-order valence-electron chi connectivity index (χ1n) is 9.75. The summed E-state index contributed by atoms with van der Waals surface area (Å²) < 4.78 is 10.6. The second-order valence-corrected chi connectivity index (χ2v) is 7.47. The average Bonchev–Trinajstić information content (AvgIpc) is 3.40. The molecule has 0 spiro atoms. The number of hydrogen-bond donors (Lipinski definition) is 0. The molecule has 6 nitrogen and oxygen atoms in total. The third kappa shape index (κ3) is 3.55. The van der Waals surface area contributed by atoms with Crippen molar-refractivity contribution in [3.63, 3.8) is 0 Å². The minimum Gasteiger partial charge on any atom is -0.459 e. The van der Waals surface area contributed by atoms with Crippen LogP contribution in [0, 0.1) is 0 Å². The van der Waals surface area contributed by atoms with Gasteiger partial charge in [0.2, 0.25) is 0 Å². The molecule has 1 atom stereocenters. The van der Waals surface area contributed by atoms with Gasteiger partial charge in [0.25, 0.3) is 5.89 Å². The molecule has 27 heavy (non-hydrogen) atoms. The fourth-order valence-electron chi connectivity index (χ4n) is 4.30. The molecule has 0 unspecified atom stereocenters. The van der Waals surface area contributed by atoms with Gasteiger partial charge in [-0.15, -0.1) is 0 Å². The van der Waals surface area contributed by atoms with Gasteiger partial charge in [-0.1, -0.05) is 29.4 Å². The summed E-state index contributed by atoms with van der Waals surface area (Å²) >= 11 is 0. The molecular formula is C21H24N4O2. The molecular weight excluding hydrogens is 340 g/mol. The topological polar surface area (TPSA) is 58.5 Å². The molecule has 0 saturated carbocycles. The average molecular weight is 364 g/mol. The van der Waals surface area contributed by atoms with Crippen LogP contribution in [0.15, 0.2) is 51.6 Å². The van der Waals surface area contributed by atoms with Crippen molar-refractivity contribution in [2.75, 3.05) is 26.2 Å². The minimum absolute atomic E-state index is 0.453. The normalized spacial score (nSPS) is 21.3. The van der Waals surface area contributed by atoms with Gasteiger partial charge in [0.05, 0.1) is 12.8 Å². The number of hydrogen-bond acceptors (Lipinski definition) is 6. The van der Waals surface area contributed by atoms with Gasteiger partial charge in [-0.2, -0.15) is 4.98 Å². The van der Waals surface area contributed by atoms with Gasteiger partial charge in [0.15, 0.2) is 11.6 Å². The van der Waals surface area contributed by atoms with E-state index in [1.165, 1.54) is 30.4 Å². The van der Waals surface area contributed by atoms with Crippen molar-refractivity contribution in [3.05, 3.63) is 59.6 Å². The van der Waals surface area contributed by atoms with Crippen LogP contribution in [-0.4, -0.2) is 52.2 Å². The van der Waals surface area contributed by atoms with Crippen molar-refractivity contribution >= 4 is 0 Å². The molecule has 0 N–H and O–H groups in total. The smallest absolute Gasteiger partial charge is 0.293 e. The van der Waals surface area contributed by atoms with Crippen LogP contribution in [0.1, 0.15) is 23.4 Å². The van der Waals surface area contributed by atoms with Crippen molar-refractivity contribution in [1.82, 2.24) is 19.9 Å². The second kappa shape index (κ2) is 7.29. The number of fused-ring (bicyclic) bond motifs is 1. The zero-order valence-electron chi connectivity index (χ0n) is 15.4. The van der Waals surface area contributed by atoms with Gasteiger partial charge >= 0.3 is 0 Å². The second-order valence-electron chi connectivity index (χ2n) is 7.47. The first-order chi connectivity index (χ1) is 13.3. The fourth-order valence-corrected chi connectivity index (χ4v) is 4.30. The maximum Gasteiger partial charge on any atom is 0.293 e. The molecule has 1 saturated heterocycles. The number of nitrogens with zero attached hydrogens (tertiary/aromatic N) is 4. The van der Waals surface area contributed by atoms with E-state index in [0.717, 1.165) is 38.5 Å². The summed E-state index contributed by atoms with van der Waals surface area (Å²) in [5, 5.41) is 4.10. The number of furan rings is 1. The molecule has 2 aliphatic rings. The predicted molar refractivity (Wildman–Crippen MR) is 101 cm³/mol. The Hall–Kier alpha value is -2.44. The van der Waals surface area contributed by atoms with Crippen LogP contribution >= 0.6 is 0 Å². The quantitative estimate of drug-likeness (QED) is 0.709. The van der Waals surface area contributed by atoms with Crippen LogP contribution in [0.5, 0.6) is 0 Å². The largest absolute Gasteiger partial charge is 0.459 e. The number of aryl methyl sites for hydroxylation is 1. The Morgan fingerprint density at radius 2 is 1.85 bits per heavy atom. The highest BCUT2D eigenvalue weighted by atomic mass is 16.5. The van der Waals surface area contributed by atoms with Crippen LogP contribution in [0.2, 0.25) is 0 Å². The molecule has 140 valence electrons. The Kier molecular flexibility index (Phi) is 4.51. The number of piperazine rings is 1. The molecule has 6 heteroatoms. The fraction of sp³-hybridized carbons (Fsp3) is 0.429. The SMILES string of the molecule is c1coc(-c2nc(CN3CCN([C@H]4CCc5ccccc5C4)CC3)no2)c1. The van der Waals surface area contributed by atoms with Gasteiger partial charge in [0, 0.05) is 32.2 Å². The zero-order chi connectivity index (χ0) is 18.1. The van der Waals surface area contributed by atoms with E-state index >= 15 is 0 Å². The summed E-state index contributed by atoms with van der Waals surface area (Å²) in [5.74, 6) is 1.80. The molecule has 0 radical (unpaired) electrons. The minimum atomic E-state index is 0.453. The van der Waals surface area contributed by atoms with Gasteiger partial charge in [0.1, 0.15) is 0 Å².